The normalized spacial score (nSPS) is 20.2. The van der Waals surface area contributed by atoms with Gasteiger partial charge < -0.3 is 34.5 Å². The monoisotopic (exact) mass is 846 g/mol. The number of hydrogen-bond acceptors (Lipinski definition) is 9. The van der Waals surface area contributed by atoms with Gasteiger partial charge in [-0.25, -0.2) is 27.1 Å². The molecule has 3 amide bonds. The van der Waals surface area contributed by atoms with Crippen molar-refractivity contribution in [2.75, 3.05) is 40.1 Å². The number of rotatable bonds is 16. The number of sulfonamides is 1. The lowest BCUT2D eigenvalue weighted by Gasteiger charge is -2.43. The molecule has 6 rings (SSSR count). The van der Waals surface area contributed by atoms with Crippen LogP contribution in [0.25, 0.3) is 0 Å². The Balaban J connectivity index is 0.000000230. The molecule has 2 saturated heterocycles. The summed E-state index contributed by atoms with van der Waals surface area (Å²) in [6.45, 7) is 5.11. The highest BCUT2D eigenvalue weighted by Gasteiger charge is 2.44. The van der Waals surface area contributed by atoms with Gasteiger partial charge in [0.2, 0.25) is 15.9 Å². The zero-order valence-corrected chi connectivity index (χ0v) is 35.6. The maximum absolute atomic E-state index is 13.5. The number of carbonyl (C=O) groups excluding carboxylic acids is 3. The lowest BCUT2D eigenvalue weighted by molar-refractivity contribution is -0.121. The van der Waals surface area contributed by atoms with Crippen LogP contribution in [0.1, 0.15) is 86.7 Å². The van der Waals surface area contributed by atoms with Crippen LogP contribution >= 0.6 is 0 Å². The first kappa shape index (κ1) is 45.4. The summed E-state index contributed by atoms with van der Waals surface area (Å²) in [5.41, 5.74) is 7.12. The molecule has 2 heterocycles. The van der Waals surface area contributed by atoms with Crippen molar-refractivity contribution in [3.05, 3.63) is 131 Å². The van der Waals surface area contributed by atoms with Crippen molar-refractivity contribution in [3.8, 4) is 11.5 Å². The minimum atomic E-state index is -3.31. The van der Waals surface area contributed by atoms with Crippen molar-refractivity contribution in [3.63, 3.8) is 0 Å². The predicted molar refractivity (Wildman–Crippen MR) is 225 cm³/mol. The van der Waals surface area contributed by atoms with Gasteiger partial charge in [0.25, 0.3) is 0 Å². The Bertz CT molecular complexity index is 2160. The summed E-state index contributed by atoms with van der Waals surface area (Å²) in [6, 6.07) is 30.3. The van der Waals surface area contributed by atoms with Crippen molar-refractivity contribution < 1.29 is 46.1 Å². The minimum absolute atomic E-state index is 0.136. The Morgan fingerprint density at radius 2 is 1.20 bits per heavy atom. The van der Waals surface area contributed by atoms with E-state index in [0.29, 0.717) is 50.8 Å². The van der Waals surface area contributed by atoms with E-state index in [1.807, 2.05) is 92.7 Å². The summed E-state index contributed by atoms with van der Waals surface area (Å²) in [6.07, 6.45) is 2.77. The van der Waals surface area contributed by atoms with Gasteiger partial charge in [0, 0.05) is 45.3 Å². The van der Waals surface area contributed by atoms with Gasteiger partial charge in [0.15, 0.2) is 0 Å². The highest BCUT2D eigenvalue weighted by atomic mass is 32.2. The minimum Gasteiger partial charge on any atom is -0.497 e. The van der Waals surface area contributed by atoms with Crippen LogP contribution in [0.2, 0.25) is 0 Å². The molecule has 2 aliphatic heterocycles. The van der Waals surface area contributed by atoms with Crippen LogP contribution < -0.4 is 19.9 Å². The molecule has 4 aromatic carbocycles. The van der Waals surface area contributed by atoms with E-state index >= 15 is 0 Å². The van der Waals surface area contributed by atoms with Gasteiger partial charge in [0.05, 0.1) is 32.6 Å². The van der Waals surface area contributed by atoms with E-state index in [1.54, 1.807) is 36.2 Å². The summed E-state index contributed by atoms with van der Waals surface area (Å²) < 4.78 is 61.0. The third kappa shape index (κ3) is 11.5. The summed E-state index contributed by atoms with van der Waals surface area (Å²) in [5.74, 6) is 0.729. The van der Waals surface area contributed by atoms with E-state index in [1.165, 1.54) is 12.1 Å². The second-order valence-electron chi connectivity index (χ2n) is 15.1. The second-order valence-corrected chi connectivity index (χ2v) is 17.0. The van der Waals surface area contributed by atoms with E-state index in [4.69, 9.17) is 24.7 Å². The molecule has 3 N–H and O–H groups in total. The molecule has 15 heteroatoms. The number of nitrogens with one attached hydrogen (secondary N) is 1. The number of benzene rings is 4. The number of methoxy groups -OCH3 is 2. The van der Waals surface area contributed by atoms with Crippen molar-refractivity contribution >= 4 is 28.1 Å². The summed E-state index contributed by atoms with van der Waals surface area (Å²) in [7, 11) is -0.0893. The molecule has 0 spiro atoms. The molecule has 4 atom stereocenters. The number of cyclic esters (lactones) is 2. The number of ether oxygens (including phenoxy) is 4. The van der Waals surface area contributed by atoms with E-state index < -0.39 is 33.2 Å². The van der Waals surface area contributed by atoms with Crippen LogP contribution in [-0.4, -0.2) is 76.4 Å². The highest BCUT2D eigenvalue weighted by Crippen LogP contribution is 2.42. The van der Waals surface area contributed by atoms with Crippen LogP contribution in [0.4, 0.5) is 14.0 Å². The number of hydrogen-bond donors (Lipinski definition) is 2. The maximum atomic E-state index is 13.5. The molecule has 0 aromatic heterocycles. The number of halogens is 1. The topological polar surface area (TPSA) is 167 Å². The first-order chi connectivity index (χ1) is 28.6. The zero-order valence-electron chi connectivity index (χ0n) is 34.8. The molecule has 0 radical (unpaired) electrons. The molecule has 0 aliphatic carbocycles. The van der Waals surface area contributed by atoms with E-state index in [9.17, 15) is 27.2 Å². The van der Waals surface area contributed by atoms with Gasteiger partial charge in [-0.1, -0.05) is 66.7 Å². The van der Waals surface area contributed by atoms with Crippen LogP contribution in [0.3, 0.4) is 0 Å². The third-order valence-electron chi connectivity index (χ3n) is 11.2. The third-order valence-corrected chi connectivity index (χ3v) is 12.0. The van der Waals surface area contributed by atoms with Gasteiger partial charge in [-0.15, -0.1) is 0 Å². The Hall–Kier alpha value is -5.67. The van der Waals surface area contributed by atoms with Crippen molar-refractivity contribution in [2.24, 2.45) is 5.73 Å². The zero-order chi connectivity index (χ0) is 43.5. The summed E-state index contributed by atoms with van der Waals surface area (Å²) >= 11 is 0. The van der Waals surface area contributed by atoms with Gasteiger partial charge in [-0.3, -0.25) is 4.79 Å². The first-order valence-corrected chi connectivity index (χ1v) is 21.8. The number of nitrogens with two attached hydrogens (primary N) is 1. The number of primary amides is 1. The van der Waals surface area contributed by atoms with Gasteiger partial charge in [0.1, 0.15) is 28.5 Å². The molecule has 322 valence electrons. The number of nitrogens with zero attached hydrogens (tertiary/aromatic N) is 2. The van der Waals surface area contributed by atoms with Crippen LogP contribution in [0, 0.1) is 5.82 Å². The average Bonchev–Trinajstić information content (AvgIpc) is 3.24. The summed E-state index contributed by atoms with van der Waals surface area (Å²) in [4.78, 5) is 40.8. The standard InChI is InChI=1S/C23H29FN2O5S.C22H26N2O4/c1-17(18-5-11-21(30-2)12-6-18)26-16-14-23(31-22(26)27,13-4-15-25-32(3,28)29)19-7-9-20(24)10-8-19;1-16(17-8-10-19(27-2)11-9-17)24-15-14-22(28-21(24)26,13-12-20(23)25)18-6-4-3-5-7-18/h5-12,17,25H,4,13-16H2,1-3H3;3-11,16H,12-15H2,1-2H3,(H2,23,25)/t17-,23?;16-,22?/m00/s1. The summed E-state index contributed by atoms with van der Waals surface area (Å²) in [5, 5.41) is 0. The first-order valence-electron chi connectivity index (χ1n) is 19.9. The molecule has 2 fully saturated rings. The largest absolute Gasteiger partial charge is 0.497 e. The molecule has 13 nitrogen and oxygen atoms in total. The molecule has 4 aromatic rings. The Labute approximate surface area is 352 Å². The Morgan fingerprint density at radius 1 is 0.750 bits per heavy atom. The molecule has 0 saturated carbocycles. The fourth-order valence-corrected chi connectivity index (χ4v) is 8.18. The van der Waals surface area contributed by atoms with Crippen molar-refractivity contribution in [1.29, 1.82) is 0 Å². The average molecular weight is 847 g/mol. The van der Waals surface area contributed by atoms with Crippen molar-refractivity contribution in [1.82, 2.24) is 14.5 Å². The van der Waals surface area contributed by atoms with E-state index in [2.05, 4.69) is 4.72 Å². The second kappa shape index (κ2) is 20.1. The SMILES string of the molecule is COc1ccc([C@H](C)N2CCC(CCC(N)=O)(c3ccccc3)OC2=O)cc1.COc1ccc([C@H](C)N2CCC(CCCNS(C)(=O)=O)(c3ccc(F)cc3)OC2=O)cc1. The van der Waals surface area contributed by atoms with Crippen molar-refractivity contribution in [2.45, 2.75) is 75.7 Å². The maximum Gasteiger partial charge on any atom is 0.411 e. The smallest absolute Gasteiger partial charge is 0.411 e. The van der Waals surface area contributed by atoms with E-state index in [-0.39, 0.29) is 37.0 Å². The van der Waals surface area contributed by atoms with Crippen LogP contribution in [-0.2, 0) is 35.5 Å². The lowest BCUT2D eigenvalue weighted by atomic mass is 9.84. The Kier molecular flexibility index (Phi) is 15.2. The van der Waals surface area contributed by atoms with Gasteiger partial charge >= 0.3 is 12.2 Å². The van der Waals surface area contributed by atoms with Crippen LogP contribution in [0.15, 0.2) is 103 Å². The molecule has 60 heavy (non-hydrogen) atoms. The Morgan fingerprint density at radius 3 is 1.62 bits per heavy atom. The highest BCUT2D eigenvalue weighted by molar-refractivity contribution is 7.88. The molecular weight excluding hydrogens is 792 g/mol. The molecule has 2 aliphatic rings. The molecular formula is C45H55FN4O9S. The van der Waals surface area contributed by atoms with Gasteiger partial charge in [-0.05, 0) is 85.3 Å². The molecule has 2 unspecified atom stereocenters. The number of carbonyl (C=O) groups is 3. The van der Waals surface area contributed by atoms with Gasteiger partial charge in [-0.2, -0.15) is 0 Å². The number of amides is 3. The quantitative estimate of drug-likeness (QED) is 0.107. The lowest BCUT2D eigenvalue weighted by Crippen LogP contribution is -2.49. The molecule has 0 bridgehead atoms. The predicted octanol–water partition coefficient (Wildman–Crippen LogP) is 7.72. The fourth-order valence-electron chi connectivity index (χ4n) is 7.67. The van der Waals surface area contributed by atoms with Crippen LogP contribution in [0.5, 0.6) is 11.5 Å². The van der Waals surface area contributed by atoms with E-state index in [0.717, 1.165) is 34.4 Å². The fraction of sp³-hybridized carbons (Fsp3) is 0.400.